The number of hydrogen-bond acceptors (Lipinski definition) is 4. The monoisotopic (exact) mass is 314 g/mol. The van der Waals surface area contributed by atoms with Crippen LogP contribution in [0.15, 0.2) is 42.5 Å². The standard InChI is InChI=1S/C18H22N2O3/c1-22-15-7-3-14(4-8-15)12-20-18(21)10-6-13-5-9-17(23-2)16(19)11-13/h3-5,7-9,11H,6,10,12,19H2,1-2H3,(H,20,21). The smallest absolute Gasteiger partial charge is 0.220 e. The topological polar surface area (TPSA) is 73.6 Å². The Bertz CT molecular complexity index is 654. The SMILES string of the molecule is COc1ccc(CNC(=O)CCc2ccc(OC)c(N)c2)cc1. The largest absolute Gasteiger partial charge is 0.497 e. The third-order valence-corrected chi connectivity index (χ3v) is 3.58. The molecule has 5 nitrogen and oxygen atoms in total. The predicted molar refractivity (Wildman–Crippen MR) is 90.6 cm³/mol. The second-order valence-corrected chi connectivity index (χ2v) is 5.20. The normalized spacial score (nSPS) is 10.2. The van der Waals surface area contributed by atoms with E-state index in [4.69, 9.17) is 15.2 Å². The predicted octanol–water partition coefficient (Wildman–Crippen LogP) is 2.54. The highest BCUT2D eigenvalue weighted by Crippen LogP contribution is 2.22. The number of ether oxygens (including phenoxy) is 2. The van der Waals surface area contributed by atoms with Gasteiger partial charge in [-0.3, -0.25) is 4.79 Å². The number of anilines is 1. The van der Waals surface area contributed by atoms with Gasteiger partial charge in [-0.1, -0.05) is 18.2 Å². The molecule has 0 aliphatic carbocycles. The Morgan fingerprint density at radius 2 is 1.74 bits per heavy atom. The summed E-state index contributed by atoms with van der Waals surface area (Å²) < 4.78 is 10.2. The second kappa shape index (κ2) is 8.08. The van der Waals surface area contributed by atoms with Crippen LogP contribution in [-0.4, -0.2) is 20.1 Å². The molecule has 0 atom stereocenters. The van der Waals surface area contributed by atoms with E-state index in [2.05, 4.69) is 5.32 Å². The van der Waals surface area contributed by atoms with Crippen molar-refractivity contribution >= 4 is 11.6 Å². The zero-order valence-corrected chi connectivity index (χ0v) is 13.5. The molecule has 0 spiro atoms. The third kappa shape index (κ3) is 4.92. The van der Waals surface area contributed by atoms with E-state index >= 15 is 0 Å². The molecule has 5 heteroatoms. The number of nitrogens with one attached hydrogen (secondary N) is 1. The van der Waals surface area contributed by atoms with Gasteiger partial charge in [-0.05, 0) is 41.8 Å². The number of nitrogen functional groups attached to an aromatic ring is 1. The van der Waals surface area contributed by atoms with Crippen LogP contribution in [0.4, 0.5) is 5.69 Å². The number of benzene rings is 2. The number of aryl methyl sites for hydroxylation is 1. The van der Waals surface area contributed by atoms with Crippen molar-refractivity contribution in [1.82, 2.24) is 5.32 Å². The van der Waals surface area contributed by atoms with Gasteiger partial charge in [0, 0.05) is 13.0 Å². The van der Waals surface area contributed by atoms with Gasteiger partial charge >= 0.3 is 0 Å². The Labute approximate surface area is 136 Å². The Kier molecular flexibility index (Phi) is 5.86. The lowest BCUT2D eigenvalue weighted by Crippen LogP contribution is -2.22. The molecule has 1 amide bonds. The van der Waals surface area contributed by atoms with Gasteiger partial charge in [0.05, 0.1) is 19.9 Å². The first kappa shape index (κ1) is 16.7. The maximum atomic E-state index is 11.9. The van der Waals surface area contributed by atoms with Gasteiger partial charge in [0.2, 0.25) is 5.91 Å². The van der Waals surface area contributed by atoms with E-state index in [1.54, 1.807) is 14.2 Å². The summed E-state index contributed by atoms with van der Waals surface area (Å²) in [6.45, 7) is 0.508. The summed E-state index contributed by atoms with van der Waals surface area (Å²) in [5.41, 5.74) is 8.50. The molecular weight excluding hydrogens is 292 g/mol. The lowest BCUT2D eigenvalue weighted by atomic mass is 10.1. The lowest BCUT2D eigenvalue weighted by molar-refractivity contribution is -0.121. The number of carbonyl (C=O) groups is 1. The molecule has 2 aromatic carbocycles. The Morgan fingerprint density at radius 3 is 2.35 bits per heavy atom. The Balaban J connectivity index is 1.79. The molecule has 0 aromatic heterocycles. The summed E-state index contributed by atoms with van der Waals surface area (Å²) in [4.78, 5) is 11.9. The van der Waals surface area contributed by atoms with Crippen LogP contribution in [0, 0.1) is 0 Å². The molecule has 0 bridgehead atoms. The maximum absolute atomic E-state index is 11.9. The number of nitrogens with two attached hydrogens (primary N) is 1. The molecule has 0 saturated carbocycles. The maximum Gasteiger partial charge on any atom is 0.220 e. The minimum absolute atomic E-state index is 0.00945. The van der Waals surface area contributed by atoms with Gasteiger partial charge in [0.25, 0.3) is 0 Å². The van der Waals surface area contributed by atoms with Gasteiger partial charge in [-0.25, -0.2) is 0 Å². The van der Waals surface area contributed by atoms with Crippen molar-refractivity contribution in [3.8, 4) is 11.5 Å². The molecule has 0 radical (unpaired) electrons. The van der Waals surface area contributed by atoms with Crippen molar-refractivity contribution in [3.63, 3.8) is 0 Å². The van der Waals surface area contributed by atoms with Crippen molar-refractivity contribution < 1.29 is 14.3 Å². The number of hydrogen-bond donors (Lipinski definition) is 2. The van der Waals surface area contributed by atoms with E-state index in [-0.39, 0.29) is 5.91 Å². The summed E-state index contributed by atoms with van der Waals surface area (Å²) in [7, 11) is 3.21. The summed E-state index contributed by atoms with van der Waals surface area (Å²) in [6.07, 6.45) is 1.06. The molecular formula is C18H22N2O3. The van der Waals surface area contributed by atoms with Crippen LogP contribution in [-0.2, 0) is 17.8 Å². The fourth-order valence-electron chi connectivity index (χ4n) is 2.23. The van der Waals surface area contributed by atoms with Gasteiger partial charge in [0.15, 0.2) is 0 Å². The molecule has 3 N–H and O–H groups in total. The number of amides is 1. The summed E-state index contributed by atoms with van der Waals surface area (Å²) in [5, 5.41) is 2.91. The summed E-state index contributed by atoms with van der Waals surface area (Å²) in [6, 6.07) is 13.2. The number of carbonyl (C=O) groups excluding carboxylic acids is 1. The van der Waals surface area contributed by atoms with Crippen LogP contribution in [0.3, 0.4) is 0 Å². The van der Waals surface area contributed by atoms with Crippen molar-refractivity contribution in [2.24, 2.45) is 0 Å². The van der Waals surface area contributed by atoms with Crippen molar-refractivity contribution in [2.75, 3.05) is 20.0 Å². The molecule has 2 aromatic rings. The van der Waals surface area contributed by atoms with Gasteiger partial charge in [0.1, 0.15) is 11.5 Å². The van der Waals surface area contributed by atoms with E-state index in [9.17, 15) is 4.79 Å². The highest BCUT2D eigenvalue weighted by molar-refractivity contribution is 5.76. The molecule has 0 aliphatic heterocycles. The quantitative estimate of drug-likeness (QED) is 0.770. The van der Waals surface area contributed by atoms with Crippen LogP contribution < -0.4 is 20.5 Å². The van der Waals surface area contributed by atoms with E-state index in [0.717, 1.165) is 16.9 Å². The Hall–Kier alpha value is -2.69. The minimum atomic E-state index is 0.00945. The van der Waals surface area contributed by atoms with Crippen LogP contribution in [0.5, 0.6) is 11.5 Å². The third-order valence-electron chi connectivity index (χ3n) is 3.58. The van der Waals surface area contributed by atoms with Crippen LogP contribution in [0.25, 0.3) is 0 Å². The molecule has 0 heterocycles. The fourth-order valence-corrected chi connectivity index (χ4v) is 2.23. The summed E-state index contributed by atoms with van der Waals surface area (Å²) in [5.74, 6) is 1.46. The fraction of sp³-hybridized carbons (Fsp3) is 0.278. The average Bonchev–Trinajstić information content (AvgIpc) is 2.58. The van der Waals surface area contributed by atoms with E-state index in [1.807, 2.05) is 42.5 Å². The lowest BCUT2D eigenvalue weighted by Gasteiger charge is -2.08. The van der Waals surface area contributed by atoms with Crippen molar-refractivity contribution in [3.05, 3.63) is 53.6 Å². The van der Waals surface area contributed by atoms with Crippen molar-refractivity contribution in [1.29, 1.82) is 0 Å². The van der Waals surface area contributed by atoms with Gasteiger partial charge in [-0.15, -0.1) is 0 Å². The van der Waals surface area contributed by atoms with Gasteiger partial charge < -0.3 is 20.5 Å². The molecule has 2 rings (SSSR count). The zero-order valence-electron chi connectivity index (χ0n) is 13.5. The van der Waals surface area contributed by atoms with E-state index in [1.165, 1.54) is 0 Å². The summed E-state index contributed by atoms with van der Waals surface area (Å²) >= 11 is 0. The molecule has 0 fully saturated rings. The van der Waals surface area contributed by atoms with E-state index in [0.29, 0.717) is 30.8 Å². The first-order valence-electron chi connectivity index (χ1n) is 7.44. The van der Waals surface area contributed by atoms with E-state index < -0.39 is 0 Å². The van der Waals surface area contributed by atoms with Crippen LogP contribution >= 0.6 is 0 Å². The molecule has 0 saturated heterocycles. The number of methoxy groups -OCH3 is 2. The first-order valence-corrected chi connectivity index (χ1v) is 7.44. The number of rotatable bonds is 7. The van der Waals surface area contributed by atoms with Gasteiger partial charge in [-0.2, -0.15) is 0 Å². The molecule has 0 unspecified atom stereocenters. The van der Waals surface area contributed by atoms with Crippen LogP contribution in [0.2, 0.25) is 0 Å². The molecule has 23 heavy (non-hydrogen) atoms. The molecule has 0 aliphatic rings. The first-order chi connectivity index (χ1) is 11.1. The molecule has 122 valence electrons. The highest BCUT2D eigenvalue weighted by atomic mass is 16.5. The minimum Gasteiger partial charge on any atom is -0.497 e. The highest BCUT2D eigenvalue weighted by Gasteiger charge is 2.05. The zero-order chi connectivity index (χ0) is 16.7. The van der Waals surface area contributed by atoms with Crippen LogP contribution in [0.1, 0.15) is 17.5 Å². The Morgan fingerprint density at radius 1 is 1.04 bits per heavy atom. The average molecular weight is 314 g/mol. The van der Waals surface area contributed by atoms with Crippen molar-refractivity contribution in [2.45, 2.75) is 19.4 Å². The second-order valence-electron chi connectivity index (χ2n) is 5.20.